The number of aryl methyl sites for hydroxylation is 1. The van der Waals surface area contributed by atoms with Crippen LogP contribution in [0.5, 0.6) is 0 Å². The summed E-state index contributed by atoms with van der Waals surface area (Å²) in [5.41, 5.74) is 1.86. The van der Waals surface area contributed by atoms with Crippen LogP contribution in [0.15, 0.2) is 18.2 Å². The molecule has 0 aromatic carbocycles. The molecule has 0 aliphatic rings. The van der Waals surface area contributed by atoms with Gasteiger partial charge in [0.05, 0.1) is 19.8 Å². The molecule has 0 fully saturated rings. The number of hydrogen-bond donors (Lipinski definition) is 2. The van der Waals surface area contributed by atoms with Gasteiger partial charge in [-0.05, 0) is 19.1 Å². The van der Waals surface area contributed by atoms with Crippen molar-refractivity contribution in [3.05, 3.63) is 23.9 Å². The summed E-state index contributed by atoms with van der Waals surface area (Å²) in [5.74, 6) is 0.590. The van der Waals surface area contributed by atoms with Crippen molar-refractivity contribution in [3.8, 4) is 0 Å². The Hall–Kier alpha value is -1.66. The molecule has 0 atom stereocenters. The number of rotatable bonds is 6. The van der Waals surface area contributed by atoms with E-state index in [1.165, 1.54) is 0 Å². The molecule has 2 rings (SSSR count). The van der Waals surface area contributed by atoms with E-state index < -0.39 is 0 Å². The van der Waals surface area contributed by atoms with Crippen LogP contribution in [0.25, 0.3) is 5.65 Å². The minimum Gasteiger partial charge on any atom is -0.394 e. The van der Waals surface area contributed by atoms with Gasteiger partial charge in [-0.2, -0.15) is 4.98 Å². The van der Waals surface area contributed by atoms with Gasteiger partial charge in [0, 0.05) is 12.2 Å². The van der Waals surface area contributed by atoms with Crippen LogP contribution >= 0.6 is 0 Å². The van der Waals surface area contributed by atoms with E-state index in [2.05, 4.69) is 15.4 Å². The van der Waals surface area contributed by atoms with Crippen LogP contribution < -0.4 is 5.32 Å². The Kier molecular flexibility index (Phi) is 3.89. The van der Waals surface area contributed by atoms with Crippen molar-refractivity contribution in [2.45, 2.75) is 6.92 Å². The zero-order valence-corrected chi connectivity index (χ0v) is 9.76. The van der Waals surface area contributed by atoms with Crippen LogP contribution in [0, 0.1) is 6.92 Å². The van der Waals surface area contributed by atoms with E-state index in [1.54, 1.807) is 4.52 Å². The Morgan fingerprint density at radius 2 is 2.29 bits per heavy atom. The number of aromatic nitrogens is 3. The van der Waals surface area contributed by atoms with Crippen molar-refractivity contribution in [1.29, 1.82) is 0 Å². The zero-order valence-electron chi connectivity index (χ0n) is 9.76. The van der Waals surface area contributed by atoms with Gasteiger partial charge in [0.15, 0.2) is 5.65 Å². The van der Waals surface area contributed by atoms with Gasteiger partial charge >= 0.3 is 0 Å². The predicted octanol–water partition coefficient (Wildman–Crippen LogP) is 0.459. The number of pyridine rings is 1. The molecule has 0 saturated heterocycles. The molecule has 6 nitrogen and oxygen atoms in total. The number of nitrogens with zero attached hydrogens (tertiary/aromatic N) is 3. The SMILES string of the molecule is Cc1cccc2nc(NCCOCCO)nn12. The van der Waals surface area contributed by atoms with Crippen LogP contribution in [0.1, 0.15) is 5.69 Å². The molecule has 0 amide bonds. The number of aliphatic hydroxyl groups is 1. The Bertz CT molecular complexity index is 483. The van der Waals surface area contributed by atoms with Crippen molar-refractivity contribution in [3.63, 3.8) is 0 Å². The maximum atomic E-state index is 8.53. The van der Waals surface area contributed by atoms with Crippen molar-refractivity contribution >= 4 is 11.6 Å². The Labute approximate surface area is 99.2 Å². The van der Waals surface area contributed by atoms with Crippen LogP contribution in [-0.4, -0.2) is 46.1 Å². The molecule has 0 spiro atoms. The van der Waals surface area contributed by atoms with Crippen molar-refractivity contribution in [1.82, 2.24) is 14.6 Å². The highest BCUT2D eigenvalue weighted by molar-refractivity contribution is 5.44. The summed E-state index contributed by atoms with van der Waals surface area (Å²) in [7, 11) is 0. The van der Waals surface area contributed by atoms with E-state index in [9.17, 15) is 0 Å². The molecule has 2 heterocycles. The predicted molar refractivity (Wildman–Crippen MR) is 64.1 cm³/mol. The molecule has 6 heteroatoms. The molecule has 0 bridgehead atoms. The van der Waals surface area contributed by atoms with E-state index in [1.807, 2.05) is 25.1 Å². The summed E-state index contributed by atoms with van der Waals surface area (Å²) in [6.45, 7) is 3.53. The van der Waals surface area contributed by atoms with Crippen LogP contribution in [0.3, 0.4) is 0 Å². The Balaban J connectivity index is 1.93. The molecular weight excluding hydrogens is 220 g/mol. The fourth-order valence-electron chi connectivity index (χ4n) is 1.51. The summed E-state index contributed by atoms with van der Waals surface area (Å²) < 4.78 is 6.92. The van der Waals surface area contributed by atoms with Crippen molar-refractivity contribution < 1.29 is 9.84 Å². The van der Waals surface area contributed by atoms with Gasteiger partial charge in [0.25, 0.3) is 0 Å². The molecule has 0 unspecified atom stereocenters. The average Bonchev–Trinajstić information content (AvgIpc) is 2.73. The van der Waals surface area contributed by atoms with E-state index in [-0.39, 0.29) is 6.61 Å². The van der Waals surface area contributed by atoms with Gasteiger partial charge in [-0.25, -0.2) is 4.52 Å². The van der Waals surface area contributed by atoms with E-state index >= 15 is 0 Å². The van der Waals surface area contributed by atoms with Gasteiger partial charge in [-0.15, -0.1) is 5.10 Å². The Morgan fingerprint density at radius 1 is 1.41 bits per heavy atom. The molecule has 92 valence electrons. The van der Waals surface area contributed by atoms with Gasteiger partial charge in [0.1, 0.15) is 0 Å². The van der Waals surface area contributed by atoms with Crippen LogP contribution in [0.2, 0.25) is 0 Å². The minimum absolute atomic E-state index is 0.0474. The third-order valence-electron chi connectivity index (χ3n) is 2.31. The number of hydrogen-bond acceptors (Lipinski definition) is 5. The van der Waals surface area contributed by atoms with Crippen LogP contribution in [0.4, 0.5) is 5.95 Å². The first kappa shape index (κ1) is 11.8. The standard InChI is InChI=1S/C11H16N4O2/c1-9-3-2-4-10-13-11(14-15(9)10)12-5-7-17-8-6-16/h2-4,16H,5-8H2,1H3,(H,12,14). The molecule has 0 saturated carbocycles. The fraction of sp³-hybridized carbons (Fsp3) is 0.455. The number of ether oxygens (including phenoxy) is 1. The molecule has 2 aromatic heterocycles. The lowest BCUT2D eigenvalue weighted by Gasteiger charge is -2.01. The summed E-state index contributed by atoms with van der Waals surface area (Å²) in [6.07, 6.45) is 0. The molecular formula is C11H16N4O2. The van der Waals surface area contributed by atoms with Crippen molar-refractivity contribution in [2.24, 2.45) is 0 Å². The van der Waals surface area contributed by atoms with Gasteiger partial charge in [0.2, 0.25) is 5.95 Å². The third-order valence-corrected chi connectivity index (χ3v) is 2.31. The van der Waals surface area contributed by atoms with Gasteiger partial charge in [-0.1, -0.05) is 6.07 Å². The Morgan fingerprint density at radius 3 is 3.06 bits per heavy atom. The van der Waals surface area contributed by atoms with Crippen LogP contribution in [-0.2, 0) is 4.74 Å². The second-order valence-electron chi connectivity index (χ2n) is 3.64. The number of fused-ring (bicyclic) bond motifs is 1. The summed E-state index contributed by atoms with van der Waals surface area (Å²) >= 11 is 0. The topological polar surface area (TPSA) is 71.7 Å². The van der Waals surface area contributed by atoms with Gasteiger partial charge in [-0.3, -0.25) is 0 Å². The second-order valence-corrected chi connectivity index (χ2v) is 3.64. The quantitative estimate of drug-likeness (QED) is 0.713. The highest BCUT2D eigenvalue weighted by atomic mass is 16.5. The van der Waals surface area contributed by atoms with E-state index in [0.29, 0.717) is 25.7 Å². The smallest absolute Gasteiger partial charge is 0.243 e. The van der Waals surface area contributed by atoms with E-state index in [4.69, 9.17) is 9.84 Å². The highest BCUT2D eigenvalue weighted by Gasteiger charge is 2.03. The molecule has 2 aromatic rings. The number of nitrogens with one attached hydrogen (secondary N) is 1. The fourth-order valence-corrected chi connectivity index (χ4v) is 1.51. The molecule has 0 radical (unpaired) electrons. The maximum Gasteiger partial charge on any atom is 0.243 e. The summed E-state index contributed by atoms with van der Waals surface area (Å²) in [5, 5.41) is 15.9. The number of aliphatic hydroxyl groups excluding tert-OH is 1. The van der Waals surface area contributed by atoms with Gasteiger partial charge < -0.3 is 15.2 Å². The molecule has 0 aliphatic carbocycles. The molecule has 2 N–H and O–H groups in total. The second kappa shape index (κ2) is 5.60. The minimum atomic E-state index is 0.0474. The van der Waals surface area contributed by atoms with Crippen molar-refractivity contribution in [2.75, 3.05) is 31.7 Å². The first-order valence-electron chi connectivity index (χ1n) is 5.56. The summed E-state index contributed by atoms with van der Waals surface area (Å²) in [6, 6.07) is 5.84. The first-order chi connectivity index (χ1) is 8.31. The zero-order chi connectivity index (χ0) is 12.1. The molecule has 17 heavy (non-hydrogen) atoms. The average molecular weight is 236 g/mol. The lowest BCUT2D eigenvalue weighted by molar-refractivity contribution is 0.0991. The monoisotopic (exact) mass is 236 g/mol. The maximum absolute atomic E-state index is 8.53. The highest BCUT2D eigenvalue weighted by Crippen LogP contribution is 2.07. The first-order valence-corrected chi connectivity index (χ1v) is 5.56. The molecule has 0 aliphatic heterocycles. The van der Waals surface area contributed by atoms with E-state index in [0.717, 1.165) is 11.3 Å². The lowest BCUT2D eigenvalue weighted by Crippen LogP contribution is -2.12. The largest absolute Gasteiger partial charge is 0.394 e. The lowest BCUT2D eigenvalue weighted by atomic mass is 10.4. The third kappa shape index (κ3) is 2.92. The summed E-state index contributed by atoms with van der Waals surface area (Å²) in [4.78, 5) is 4.33. The normalized spacial score (nSPS) is 10.9. The number of anilines is 1.